The third-order valence-electron chi connectivity index (χ3n) is 3.96. The fraction of sp³-hybridized carbons (Fsp3) is 0.182. The normalized spacial score (nSPS) is 10.3. The van der Waals surface area contributed by atoms with Crippen LogP contribution in [0, 0.1) is 33.8 Å². The van der Waals surface area contributed by atoms with Gasteiger partial charge < -0.3 is 4.98 Å². The van der Waals surface area contributed by atoms with Crippen molar-refractivity contribution in [2.75, 3.05) is 0 Å². The molecule has 0 spiro atoms. The Kier molecular flexibility index (Phi) is 9.74. The number of hydrogen-bond acceptors (Lipinski definition) is 1. The molecule has 1 aromatic heterocycles. The summed E-state index contributed by atoms with van der Waals surface area (Å²) in [7, 11) is 4.64. The van der Waals surface area contributed by atoms with Crippen LogP contribution >= 0.6 is 9.58 Å². The molecule has 0 atom stereocenters. The number of hydrogen-bond donors (Lipinski definition) is 0. The van der Waals surface area contributed by atoms with Crippen LogP contribution in [0.4, 0.5) is 13.2 Å². The van der Waals surface area contributed by atoms with Crippen LogP contribution in [0.25, 0.3) is 11.3 Å². The molecular weight excluding hydrogens is 563 g/mol. The van der Waals surface area contributed by atoms with Crippen LogP contribution in [-0.2, 0) is 24.1 Å². The Morgan fingerprint density at radius 1 is 1.00 bits per heavy atom. The van der Waals surface area contributed by atoms with Gasteiger partial charge in [-0.3, -0.25) is 0 Å². The summed E-state index contributed by atoms with van der Waals surface area (Å²) in [6.45, 7) is 9.94. The first-order chi connectivity index (χ1) is 13.2. The molecule has 0 bridgehead atoms. The maximum absolute atomic E-state index is 12.5. The number of benzene rings is 2. The van der Waals surface area contributed by atoms with E-state index in [2.05, 4.69) is 59.6 Å². The van der Waals surface area contributed by atoms with Crippen LogP contribution in [-0.4, -0.2) is 4.98 Å². The Bertz CT molecular complexity index is 875. The molecule has 0 saturated heterocycles. The fourth-order valence-corrected chi connectivity index (χ4v) is 2.32. The average Bonchev–Trinajstić information content (AvgIpc) is 2.68. The molecule has 0 aliphatic heterocycles. The molecule has 0 fully saturated rings. The van der Waals surface area contributed by atoms with Crippen molar-refractivity contribution in [3.63, 3.8) is 0 Å². The van der Waals surface area contributed by atoms with E-state index in [9.17, 15) is 13.2 Å². The van der Waals surface area contributed by atoms with E-state index in [0.717, 1.165) is 23.3 Å². The van der Waals surface area contributed by atoms with E-state index in [1.165, 1.54) is 35.1 Å². The van der Waals surface area contributed by atoms with E-state index in [4.69, 9.17) is 0 Å². The molecule has 0 aliphatic carbocycles. The van der Waals surface area contributed by atoms with Crippen molar-refractivity contribution in [2.45, 2.75) is 26.9 Å². The Labute approximate surface area is 179 Å². The fourth-order valence-electron chi connectivity index (χ4n) is 2.32. The first-order valence-electron chi connectivity index (χ1n) is 8.21. The molecule has 1 nitrogen and oxygen atoms in total. The first kappa shape index (κ1) is 24.2. The van der Waals surface area contributed by atoms with Crippen molar-refractivity contribution in [2.24, 2.45) is 0 Å². The van der Waals surface area contributed by atoms with Crippen molar-refractivity contribution in [1.29, 1.82) is 0 Å². The summed E-state index contributed by atoms with van der Waals surface area (Å²) in [5.74, 6) is 0. The van der Waals surface area contributed by atoms with Crippen LogP contribution < -0.4 is 0 Å². The van der Waals surface area contributed by atoms with Gasteiger partial charge in [-0.15, -0.1) is 42.0 Å². The third kappa shape index (κ3) is 7.31. The van der Waals surface area contributed by atoms with Crippen molar-refractivity contribution in [3.8, 4) is 11.3 Å². The number of rotatable bonds is 1. The zero-order chi connectivity index (χ0) is 21.3. The first-order valence-corrected chi connectivity index (χ1v) is 11.2. The molecule has 0 aliphatic rings. The SMILES string of the molecule is Cc1ccnc(-c2[c-]ccc(C(F)(F)F)c2)c1.[CH2-]c1c(C)cccc1C.[Cl][Ir+2]. The van der Waals surface area contributed by atoms with Crippen molar-refractivity contribution < 1.29 is 31.1 Å². The van der Waals surface area contributed by atoms with Gasteiger partial charge in [-0.2, -0.15) is 36.8 Å². The zero-order valence-corrected chi connectivity index (χ0v) is 18.8. The van der Waals surface area contributed by atoms with Gasteiger partial charge in [0.05, 0.1) is 0 Å². The summed E-state index contributed by atoms with van der Waals surface area (Å²) in [5.41, 5.74) is 4.82. The third-order valence-corrected chi connectivity index (χ3v) is 3.96. The van der Waals surface area contributed by atoms with Crippen LogP contribution in [0.1, 0.15) is 27.8 Å². The Morgan fingerprint density at radius 2 is 1.61 bits per heavy atom. The molecule has 150 valence electrons. The molecular formula is C22H20ClF3IrN. The second-order valence-electron chi connectivity index (χ2n) is 6.08. The van der Waals surface area contributed by atoms with Crippen molar-refractivity contribution in [3.05, 3.63) is 95.5 Å². The Morgan fingerprint density at radius 3 is 2.11 bits per heavy atom. The summed E-state index contributed by atoms with van der Waals surface area (Å²) in [6.07, 6.45) is -2.77. The van der Waals surface area contributed by atoms with E-state index in [1.54, 1.807) is 18.3 Å². The van der Waals surface area contributed by atoms with Gasteiger partial charge in [0.2, 0.25) is 0 Å². The van der Waals surface area contributed by atoms with E-state index in [-0.39, 0.29) is 0 Å². The van der Waals surface area contributed by atoms with Gasteiger partial charge in [0.1, 0.15) is 0 Å². The van der Waals surface area contributed by atoms with Gasteiger partial charge in [-0.05, 0) is 24.2 Å². The monoisotopic (exact) mass is 583 g/mol. The zero-order valence-electron chi connectivity index (χ0n) is 15.7. The summed E-state index contributed by atoms with van der Waals surface area (Å²) in [6, 6.07) is 15.8. The maximum atomic E-state index is 12.5. The molecule has 3 rings (SSSR count). The number of pyridine rings is 1. The predicted octanol–water partition coefficient (Wildman–Crippen LogP) is 7.05. The molecule has 0 radical (unpaired) electrons. The topological polar surface area (TPSA) is 12.9 Å². The van der Waals surface area contributed by atoms with E-state index in [1.807, 2.05) is 6.92 Å². The number of aryl methyl sites for hydroxylation is 3. The summed E-state index contributed by atoms with van der Waals surface area (Å²) in [5, 5.41) is 0. The number of nitrogens with zero attached hydrogens (tertiary/aromatic N) is 1. The van der Waals surface area contributed by atoms with Crippen LogP contribution in [0.5, 0.6) is 0 Å². The van der Waals surface area contributed by atoms with Crippen LogP contribution in [0.2, 0.25) is 0 Å². The minimum atomic E-state index is -4.34. The molecule has 6 heteroatoms. The molecule has 2 aromatic carbocycles. The van der Waals surface area contributed by atoms with Gasteiger partial charge >= 0.3 is 33.6 Å². The van der Waals surface area contributed by atoms with Crippen LogP contribution in [0.3, 0.4) is 0 Å². The summed E-state index contributed by atoms with van der Waals surface area (Å²) in [4.78, 5) is 4.03. The second kappa shape index (κ2) is 11.3. The van der Waals surface area contributed by atoms with Gasteiger partial charge in [-0.25, -0.2) is 0 Å². The predicted molar refractivity (Wildman–Crippen MR) is 104 cm³/mol. The minimum absolute atomic E-state index is 0.350. The second-order valence-corrected chi connectivity index (χ2v) is 6.08. The molecule has 1 heterocycles. The molecule has 0 N–H and O–H groups in total. The Balaban J connectivity index is 0.000000301. The van der Waals surface area contributed by atoms with E-state index >= 15 is 0 Å². The van der Waals surface area contributed by atoms with E-state index in [0.29, 0.717) is 11.3 Å². The van der Waals surface area contributed by atoms with Gasteiger partial charge in [0, 0.05) is 6.20 Å². The molecule has 0 amide bonds. The molecule has 0 saturated carbocycles. The van der Waals surface area contributed by atoms with Crippen LogP contribution in [0.15, 0.2) is 54.7 Å². The molecule has 0 unspecified atom stereocenters. The standard InChI is InChI=1S/C13H9F3N.C9H11.ClH.Ir/c1-9-5-6-17-12(7-9)10-3-2-4-11(8-10)13(14,15)16;1-7-5-4-6-8(2)9(7)3;;/h2,4-8H,1H3;4-6H,3H2,1-2H3;1H;/q2*-1;;+3/p-1. The summed E-state index contributed by atoms with van der Waals surface area (Å²) < 4.78 is 37.6. The van der Waals surface area contributed by atoms with Gasteiger partial charge in [0.15, 0.2) is 0 Å². The van der Waals surface area contributed by atoms with Gasteiger partial charge in [0.25, 0.3) is 0 Å². The Hall–Kier alpha value is -1.81. The average molecular weight is 583 g/mol. The van der Waals surface area contributed by atoms with Crippen molar-refractivity contribution in [1.82, 2.24) is 4.98 Å². The van der Waals surface area contributed by atoms with Gasteiger partial charge in [-0.1, -0.05) is 31.5 Å². The summed E-state index contributed by atoms with van der Waals surface area (Å²) >= 11 is 1.47. The van der Waals surface area contributed by atoms with Crippen molar-refractivity contribution >= 4 is 9.58 Å². The quantitative estimate of drug-likeness (QED) is 0.280. The molecule has 3 aromatic rings. The molecule has 28 heavy (non-hydrogen) atoms. The number of aromatic nitrogens is 1. The number of alkyl halides is 3. The number of halogens is 4. The van der Waals surface area contributed by atoms with E-state index < -0.39 is 11.7 Å².